The van der Waals surface area contributed by atoms with Gasteiger partial charge in [0.05, 0.1) is 6.04 Å². The van der Waals surface area contributed by atoms with E-state index in [0.29, 0.717) is 5.56 Å². The van der Waals surface area contributed by atoms with E-state index >= 15 is 0 Å². The maximum atomic E-state index is 13.0. The van der Waals surface area contributed by atoms with Crippen molar-refractivity contribution in [3.63, 3.8) is 0 Å². The molecule has 2 aromatic carbocycles. The first-order valence-electron chi connectivity index (χ1n) is 8.75. The molecule has 0 radical (unpaired) electrons. The van der Waals surface area contributed by atoms with E-state index in [-0.39, 0.29) is 24.4 Å². The minimum absolute atomic E-state index is 0.0426. The van der Waals surface area contributed by atoms with Crippen LogP contribution in [0.25, 0.3) is 11.5 Å². The number of nitrogens with one attached hydrogen (secondary N) is 1. The third-order valence-corrected chi connectivity index (χ3v) is 4.11. The third-order valence-electron chi connectivity index (χ3n) is 4.11. The van der Waals surface area contributed by atoms with Gasteiger partial charge in [-0.25, -0.2) is 9.18 Å². The second kappa shape index (κ2) is 8.44. The van der Waals surface area contributed by atoms with E-state index in [2.05, 4.69) is 10.4 Å². The fourth-order valence-corrected chi connectivity index (χ4v) is 2.79. The lowest BCUT2D eigenvalue weighted by molar-refractivity contribution is -0.122. The molecule has 0 aliphatic carbocycles. The molecule has 1 atom stereocenters. The van der Waals surface area contributed by atoms with Gasteiger partial charge in [0.1, 0.15) is 12.4 Å². The molecule has 27 heavy (non-hydrogen) atoms. The number of nitrogens with zero attached hydrogens (tertiary/aromatic N) is 2. The minimum atomic E-state index is -0.740. The molecule has 1 aromatic heterocycles. The monoisotopic (exact) mass is 369 g/mol. The largest absolute Gasteiger partial charge is 0.437 e. The summed E-state index contributed by atoms with van der Waals surface area (Å²) in [5.41, 5.74) is 1.47. The molecule has 1 heterocycles. The number of carbonyl (C=O) groups is 1. The highest BCUT2D eigenvalue weighted by molar-refractivity contribution is 5.76. The topological polar surface area (TPSA) is 77.1 Å². The summed E-state index contributed by atoms with van der Waals surface area (Å²) in [6, 6.07) is 14.9. The smallest absolute Gasteiger partial charge is 0.388 e. The van der Waals surface area contributed by atoms with E-state index in [1.807, 2.05) is 37.3 Å². The van der Waals surface area contributed by atoms with Crippen LogP contribution in [0.3, 0.4) is 0 Å². The summed E-state index contributed by atoms with van der Waals surface area (Å²) in [5.74, 6) is -1.43. The van der Waals surface area contributed by atoms with Crippen LogP contribution in [0.5, 0.6) is 0 Å². The molecule has 3 rings (SSSR count). The Hall–Kier alpha value is -3.22. The highest BCUT2D eigenvalue weighted by atomic mass is 19.1. The van der Waals surface area contributed by atoms with E-state index in [9.17, 15) is 14.0 Å². The molecule has 0 fully saturated rings. The summed E-state index contributed by atoms with van der Waals surface area (Å²) in [7, 11) is 0. The molecular weight excluding hydrogens is 349 g/mol. The molecule has 0 aliphatic heterocycles. The van der Waals surface area contributed by atoms with Crippen molar-refractivity contribution < 1.29 is 13.6 Å². The Morgan fingerprint density at radius 2 is 1.89 bits per heavy atom. The molecule has 3 aromatic rings. The molecule has 0 saturated heterocycles. The zero-order valence-corrected chi connectivity index (χ0v) is 14.9. The van der Waals surface area contributed by atoms with Gasteiger partial charge in [0.25, 0.3) is 0 Å². The first kappa shape index (κ1) is 18.6. The molecule has 1 amide bonds. The number of amides is 1. The van der Waals surface area contributed by atoms with Crippen LogP contribution >= 0.6 is 0 Å². The number of rotatable bonds is 7. The summed E-state index contributed by atoms with van der Waals surface area (Å²) >= 11 is 0. The first-order valence-corrected chi connectivity index (χ1v) is 8.75. The van der Waals surface area contributed by atoms with E-state index in [4.69, 9.17) is 4.42 Å². The fraction of sp³-hybridized carbons (Fsp3) is 0.250. The summed E-state index contributed by atoms with van der Waals surface area (Å²) in [6.07, 6.45) is 1.68. The number of halogens is 1. The van der Waals surface area contributed by atoms with E-state index in [1.165, 1.54) is 24.3 Å². The van der Waals surface area contributed by atoms with Crippen molar-refractivity contribution in [2.75, 3.05) is 0 Å². The minimum Gasteiger partial charge on any atom is -0.388 e. The number of hydrogen-bond acceptors (Lipinski definition) is 4. The Bertz CT molecular complexity index is 949. The number of carbonyl (C=O) groups excluding carboxylic acids is 1. The Morgan fingerprint density at radius 3 is 2.56 bits per heavy atom. The standard InChI is InChI=1S/C20H20FN3O3/c1-2-6-17(14-7-4-3-5-8-14)22-18(25)13-24-20(26)27-19(23-24)15-9-11-16(21)12-10-15/h3-5,7-12,17H,2,6,13H2,1H3,(H,22,25). The van der Waals surface area contributed by atoms with Gasteiger partial charge in [0.15, 0.2) is 0 Å². The molecular formula is C20H20FN3O3. The van der Waals surface area contributed by atoms with Crippen molar-refractivity contribution in [1.82, 2.24) is 15.1 Å². The lowest BCUT2D eigenvalue weighted by Gasteiger charge is -2.18. The van der Waals surface area contributed by atoms with Crippen molar-refractivity contribution in [3.8, 4) is 11.5 Å². The van der Waals surface area contributed by atoms with Gasteiger partial charge in [-0.2, -0.15) is 4.68 Å². The quantitative estimate of drug-likeness (QED) is 0.693. The van der Waals surface area contributed by atoms with Gasteiger partial charge in [-0.05, 0) is 36.2 Å². The molecule has 0 saturated carbocycles. The van der Waals surface area contributed by atoms with Gasteiger partial charge in [-0.1, -0.05) is 43.7 Å². The first-order chi connectivity index (χ1) is 13.1. The summed E-state index contributed by atoms with van der Waals surface area (Å²) in [4.78, 5) is 24.4. The van der Waals surface area contributed by atoms with E-state index in [1.54, 1.807) is 0 Å². The van der Waals surface area contributed by atoms with Crippen molar-refractivity contribution in [2.24, 2.45) is 0 Å². The third kappa shape index (κ3) is 4.69. The van der Waals surface area contributed by atoms with Gasteiger partial charge in [-0.15, -0.1) is 5.10 Å². The summed E-state index contributed by atoms with van der Waals surface area (Å²) in [5, 5.41) is 6.97. The zero-order valence-electron chi connectivity index (χ0n) is 14.9. The highest BCUT2D eigenvalue weighted by Crippen LogP contribution is 2.18. The molecule has 0 bridgehead atoms. The molecule has 1 N–H and O–H groups in total. The van der Waals surface area contributed by atoms with Crippen molar-refractivity contribution >= 4 is 5.91 Å². The van der Waals surface area contributed by atoms with Crippen LogP contribution < -0.4 is 11.1 Å². The van der Waals surface area contributed by atoms with Crippen LogP contribution in [-0.4, -0.2) is 15.7 Å². The Balaban J connectivity index is 1.72. The van der Waals surface area contributed by atoms with Gasteiger partial charge in [-0.3, -0.25) is 4.79 Å². The highest BCUT2D eigenvalue weighted by Gasteiger charge is 2.17. The SMILES string of the molecule is CCCC(NC(=O)Cn1nc(-c2ccc(F)cc2)oc1=O)c1ccccc1. The zero-order chi connectivity index (χ0) is 19.2. The lowest BCUT2D eigenvalue weighted by atomic mass is 10.0. The van der Waals surface area contributed by atoms with Crippen molar-refractivity contribution in [2.45, 2.75) is 32.4 Å². The fourth-order valence-electron chi connectivity index (χ4n) is 2.79. The molecule has 140 valence electrons. The van der Waals surface area contributed by atoms with Crippen molar-refractivity contribution in [1.29, 1.82) is 0 Å². The average molecular weight is 369 g/mol. The van der Waals surface area contributed by atoms with Crippen molar-refractivity contribution in [3.05, 3.63) is 76.5 Å². The molecule has 7 heteroatoms. The number of hydrogen-bond donors (Lipinski definition) is 1. The van der Waals surface area contributed by atoms with Crippen LogP contribution in [0.2, 0.25) is 0 Å². The van der Waals surface area contributed by atoms with E-state index < -0.39 is 11.6 Å². The van der Waals surface area contributed by atoms with Gasteiger partial charge in [0.2, 0.25) is 11.8 Å². The van der Waals surface area contributed by atoms with E-state index in [0.717, 1.165) is 23.1 Å². The van der Waals surface area contributed by atoms with Crippen LogP contribution in [0.15, 0.2) is 63.8 Å². The summed E-state index contributed by atoms with van der Waals surface area (Å²) < 4.78 is 19.0. The second-order valence-electron chi connectivity index (χ2n) is 6.16. The molecule has 1 unspecified atom stereocenters. The van der Waals surface area contributed by atoms with Crippen LogP contribution in [0.4, 0.5) is 4.39 Å². The predicted molar refractivity (Wildman–Crippen MR) is 98.4 cm³/mol. The normalized spacial score (nSPS) is 11.9. The predicted octanol–water partition coefficient (Wildman–Crippen LogP) is 3.30. The van der Waals surface area contributed by atoms with Crippen LogP contribution in [-0.2, 0) is 11.3 Å². The molecule has 6 nitrogen and oxygen atoms in total. The molecule has 0 aliphatic rings. The van der Waals surface area contributed by atoms with Gasteiger partial charge in [0, 0.05) is 5.56 Å². The lowest BCUT2D eigenvalue weighted by Crippen LogP contribution is -2.34. The maximum absolute atomic E-state index is 13.0. The Labute approximate surface area is 155 Å². The summed E-state index contributed by atoms with van der Waals surface area (Å²) in [6.45, 7) is 1.79. The van der Waals surface area contributed by atoms with Gasteiger partial charge < -0.3 is 9.73 Å². The van der Waals surface area contributed by atoms with Crippen LogP contribution in [0, 0.1) is 5.82 Å². The molecule has 0 spiro atoms. The number of benzene rings is 2. The van der Waals surface area contributed by atoms with Crippen LogP contribution in [0.1, 0.15) is 31.4 Å². The maximum Gasteiger partial charge on any atom is 0.437 e. The Morgan fingerprint density at radius 1 is 1.19 bits per heavy atom. The van der Waals surface area contributed by atoms with Gasteiger partial charge >= 0.3 is 5.76 Å². The Kier molecular flexibility index (Phi) is 5.80. The average Bonchev–Trinajstić information content (AvgIpc) is 3.03. The second-order valence-corrected chi connectivity index (χ2v) is 6.16. The number of aromatic nitrogens is 2.